The molecule has 2 rings (SSSR count). The lowest BCUT2D eigenvalue weighted by molar-refractivity contribution is 0.447. The van der Waals surface area contributed by atoms with Crippen molar-refractivity contribution in [1.29, 1.82) is 0 Å². The molecule has 0 aliphatic heterocycles. The van der Waals surface area contributed by atoms with E-state index in [4.69, 9.17) is 0 Å². The van der Waals surface area contributed by atoms with Crippen LogP contribution >= 0.6 is 7.92 Å². The van der Waals surface area contributed by atoms with Gasteiger partial charge in [-0.1, -0.05) is 65.9 Å². The van der Waals surface area contributed by atoms with Crippen molar-refractivity contribution >= 4 is 7.92 Å². The first-order valence-electron chi connectivity index (χ1n) is 7.92. The molecule has 0 aromatic heterocycles. The molecule has 1 fully saturated rings. The van der Waals surface area contributed by atoms with Gasteiger partial charge < -0.3 is 0 Å². The minimum absolute atomic E-state index is 0.215. The Balaban J connectivity index is 1.95. The Morgan fingerprint density at radius 3 is 1.84 bits per heavy atom. The quantitative estimate of drug-likeness (QED) is 0.591. The Morgan fingerprint density at radius 1 is 0.842 bits per heavy atom. The molecule has 0 spiro atoms. The summed E-state index contributed by atoms with van der Waals surface area (Å²) in [5, 5.41) is 0. The highest BCUT2D eigenvalue weighted by molar-refractivity contribution is 7.59. The average molecular weight is 276 g/mol. The fraction of sp³-hybridized carbons (Fsp3) is 0.667. The summed E-state index contributed by atoms with van der Waals surface area (Å²) in [6.45, 7) is 9.76. The van der Waals surface area contributed by atoms with Crippen LogP contribution < -0.4 is 0 Å². The molecule has 0 unspecified atom stereocenters. The van der Waals surface area contributed by atoms with Gasteiger partial charge >= 0.3 is 0 Å². The summed E-state index contributed by atoms with van der Waals surface area (Å²) in [4.78, 5) is 0. The topological polar surface area (TPSA) is 0 Å². The molecule has 0 amide bonds. The molecular formula is C18H29P. The molecule has 1 aromatic rings. The van der Waals surface area contributed by atoms with Gasteiger partial charge in [0, 0.05) is 0 Å². The van der Waals surface area contributed by atoms with E-state index in [-0.39, 0.29) is 7.92 Å². The molecule has 0 atom stereocenters. The van der Waals surface area contributed by atoms with Crippen molar-refractivity contribution < 1.29 is 0 Å². The number of benzene rings is 1. The fourth-order valence-electron chi connectivity index (χ4n) is 3.87. The van der Waals surface area contributed by atoms with E-state index >= 15 is 0 Å². The van der Waals surface area contributed by atoms with Crippen molar-refractivity contribution in [1.82, 2.24) is 0 Å². The van der Waals surface area contributed by atoms with Crippen LogP contribution in [0.5, 0.6) is 0 Å². The normalized spacial score (nSPS) is 24.4. The molecule has 0 heterocycles. The lowest BCUT2D eigenvalue weighted by Crippen LogP contribution is -2.22. The molecule has 0 N–H and O–H groups in total. The zero-order valence-electron chi connectivity index (χ0n) is 13.0. The summed E-state index contributed by atoms with van der Waals surface area (Å²) in [6.07, 6.45) is 5.74. The molecule has 1 aliphatic carbocycles. The second-order valence-electron chi connectivity index (χ2n) is 6.55. The lowest BCUT2D eigenvalue weighted by atomic mass is 9.84. The maximum absolute atomic E-state index is 2.44. The summed E-state index contributed by atoms with van der Waals surface area (Å²) in [5.74, 6) is 0.827. The van der Waals surface area contributed by atoms with E-state index in [0.717, 1.165) is 22.9 Å². The molecule has 1 aromatic carbocycles. The van der Waals surface area contributed by atoms with E-state index in [9.17, 15) is 0 Å². The number of rotatable bonds is 4. The Morgan fingerprint density at radius 2 is 1.37 bits per heavy atom. The predicted molar refractivity (Wildman–Crippen MR) is 88.6 cm³/mol. The van der Waals surface area contributed by atoms with E-state index in [2.05, 4.69) is 58.0 Å². The minimum Gasteiger partial charge on any atom is -0.0983 e. The second-order valence-corrected chi connectivity index (χ2v) is 10.2. The summed E-state index contributed by atoms with van der Waals surface area (Å²) in [7, 11) is 0.215. The van der Waals surface area contributed by atoms with E-state index in [1.165, 1.54) is 25.7 Å². The highest BCUT2D eigenvalue weighted by Crippen LogP contribution is 2.56. The Labute approximate surface area is 120 Å². The van der Waals surface area contributed by atoms with Gasteiger partial charge in [0.2, 0.25) is 0 Å². The fourth-order valence-corrected chi connectivity index (χ4v) is 7.65. The second kappa shape index (κ2) is 6.89. The van der Waals surface area contributed by atoms with Gasteiger partial charge in [0.1, 0.15) is 0 Å². The molecule has 106 valence electrons. The summed E-state index contributed by atoms with van der Waals surface area (Å²) >= 11 is 0. The number of hydrogen-bond donors (Lipinski definition) is 0. The van der Waals surface area contributed by atoms with E-state index in [0.29, 0.717) is 0 Å². The van der Waals surface area contributed by atoms with Gasteiger partial charge in [-0.05, 0) is 54.1 Å². The first-order valence-corrected chi connectivity index (χ1v) is 9.47. The smallest absolute Gasteiger partial charge is 0.0162 e. The molecule has 19 heavy (non-hydrogen) atoms. The van der Waals surface area contributed by atoms with Gasteiger partial charge in [-0.2, -0.15) is 0 Å². The maximum atomic E-state index is 2.44. The van der Waals surface area contributed by atoms with E-state index in [1.54, 1.807) is 5.56 Å². The van der Waals surface area contributed by atoms with Gasteiger partial charge in [0.05, 0.1) is 0 Å². The van der Waals surface area contributed by atoms with Crippen LogP contribution in [0.2, 0.25) is 0 Å². The largest absolute Gasteiger partial charge is 0.0983 e. The van der Waals surface area contributed by atoms with Crippen LogP contribution in [0, 0.1) is 0 Å². The Hall–Kier alpha value is -0.350. The minimum atomic E-state index is 0.215. The molecule has 0 nitrogen and oxygen atoms in total. The summed E-state index contributed by atoms with van der Waals surface area (Å²) < 4.78 is 0. The molecule has 1 aliphatic rings. The zero-order valence-corrected chi connectivity index (χ0v) is 13.9. The maximum Gasteiger partial charge on any atom is -0.0162 e. The van der Waals surface area contributed by atoms with Gasteiger partial charge in [-0.3, -0.25) is 0 Å². The molecule has 1 saturated carbocycles. The van der Waals surface area contributed by atoms with E-state index < -0.39 is 0 Å². The van der Waals surface area contributed by atoms with Gasteiger partial charge in [-0.25, -0.2) is 0 Å². The van der Waals surface area contributed by atoms with Crippen LogP contribution in [0.25, 0.3) is 0 Å². The van der Waals surface area contributed by atoms with Crippen LogP contribution in [0.4, 0.5) is 0 Å². The van der Waals surface area contributed by atoms with Gasteiger partial charge in [0.15, 0.2) is 0 Å². The summed E-state index contributed by atoms with van der Waals surface area (Å²) in [5.41, 5.74) is 4.39. The van der Waals surface area contributed by atoms with Crippen LogP contribution in [-0.2, 0) is 0 Å². The third-order valence-electron chi connectivity index (χ3n) is 4.58. The monoisotopic (exact) mass is 276 g/mol. The Kier molecular flexibility index (Phi) is 5.46. The van der Waals surface area contributed by atoms with Crippen molar-refractivity contribution in [2.75, 3.05) is 0 Å². The van der Waals surface area contributed by atoms with Crippen molar-refractivity contribution in [2.45, 2.75) is 76.3 Å². The predicted octanol–water partition coefficient (Wildman–Crippen LogP) is 6.01. The molecule has 0 bridgehead atoms. The third kappa shape index (κ3) is 3.82. The first kappa shape index (κ1) is 15.0. The van der Waals surface area contributed by atoms with Crippen molar-refractivity contribution in [2.24, 2.45) is 0 Å². The molecule has 0 radical (unpaired) electrons. The first-order chi connectivity index (χ1) is 9.09. The van der Waals surface area contributed by atoms with Crippen LogP contribution in [0.3, 0.4) is 0 Å². The van der Waals surface area contributed by atoms with Crippen LogP contribution in [0.1, 0.15) is 64.9 Å². The van der Waals surface area contributed by atoms with Crippen LogP contribution in [-0.4, -0.2) is 17.0 Å². The van der Waals surface area contributed by atoms with Crippen molar-refractivity contribution in [3.63, 3.8) is 0 Å². The summed E-state index contributed by atoms with van der Waals surface area (Å²) in [6, 6.07) is 11.1. The zero-order chi connectivity index (χ0) is 13.8. The number of hydrogen-bond acceptors (Lipinski definition) is 0. The lowest BCUT2D eigenvalue weighted by Gasteiger charge is -2.39. The highest BCUT2D eigenvalue weighted by Gasteiger charge is 2.30. The molecule has 0 saturated heterocycles. The highest BCUT2D eigenvalue weighted by atomic mass is 31.1. The van der Waals surface area contributed by atoms with Gasteiger partial charge in [0.25, 0.3) is 0 Å². The standard InChI is InChI=1S/C18H29P/c1-14(2)19(15(3)4)18-12-10-17(11-13-18)16-8-6-5-7-9-16/h5-9,14-15,17-18H,10-13H2,1-4H3. The van der Waals surface area contributed by atoms with Crippen molar-refractivity contribution in [3.8, 4) is 0 Å². The SMILES string of the molecule is CC(C)P(C(C)C)C1CCC(c2ccccc2)CC1. The van der Waals surface area contributed by atoms with Crippen LogP contribution in [0.15, 0.2) is 30.3 Å². The average Bonchev–Trinajstić information content (AvgIpc) is 2.40. The van der Waals surface area contributed by atoms with Crippen molar-refractivity contribution in [3.05, 3.63) is 35.9 Å². The van der Waals surface area contributed by atoms with Gasteiger partial charge in [-0.15, -0.1) is 0 Å². The Bertz CT molecular complexity index is 353. The van der Waals surface area contributed by atoms with E-state index in [1.807, 2.05) is 0 Å². The third-order valence-corrected chi connectivity index (χ3v) is 8.33. The molecule has 1 heteroatoms. The molecular weight excluding hydrogens is 247 g/mol.